The Morgan fingerprint density at radius 2 is 1.90 bits per heavy atom. The average molecular weight is 353 g/mol. The first-order chi connectivity index (χ1) is 9.54. The molecule has 2 aromatic rings. The molecule has 20 heavy (non-hydrogen) atoms. The third-order valence-corrected chi connectivity index (χ3v) is 4.46. The lowest BCUT2D eigenvalue weighted by Crippen LogP contribution is -2.23. The maximum Gasteiger partial charge on any atom is 0.0594 e. The number of benzene rings is 2. The minimum absolute atomic E-state index is 0.125. The van der Waals surface area contributed by atoms with Gasteiger partial charge in [-0.25, -0.2) is 0 Å². The number of hydrogen-bond acceptors (Lipinski definition) is 1. The van der Waals surface area contributed by atoms with Gasteiger partial charge < -0.3 is 5.32 Å². The van der Waals surface area contributed by atoms with Gasteiger partial charge in [-0.3, -0.25) is 0 Å². The molecule has 0 aliphatic rings. The molecule has 0 saturated carbocycles. The van der Waals surface area contributed by atoms with E-state index in [4.69, 9.17) is 11.6 Å². The molecule has 0 aromatic heterocycles. The second-order valence-electron chi connectivity index (χ2n) is 4.95. The van der Waals surface area contributed by atoms with Crippen LogP contribution in [0.2, 0.25) is 5.02 Å². The number of hydrogen-bond donors (Lipinski definition) is 1. The Bertz CT molecular complexity index is 610. The van der Waals surface area contributed by atoms with E-state index in [9.17, 15) is 0 Å². The van der Waals surface area contributed by atoms with Crippen molar-refractivity contribution in [3.63, 3.8) is 0 Å². The standard InChI is InChI=1S/C17H19BrClN/c1-4-20-17(14-7-5-6-11(2)12(14)3)15-9-8-13(18)10-16(15)19/h5-10,17,20H,4H2,1-3H3. The van der Waals surface area contributed by atoms with Gasteiger partial charge in [0.25, 0.3) is 0 Å². The highest BCUT2D eigenvalue weighted by Crippen LogP contribution is 2.32. The first-order valence-electron chi connectivity index (χ1n) is 6.79. The Kier molecular flexibility index (Phi) is 5.25. The molecule has 0 amide bonds. The minimum Gasteiger partial charge on any atom is -0.306 e. The molecular weight excluding hydrogens is 334 g/mol. The fourth-order valence-electron chi connectivity index (χ4n) is 2.41. The third kappa shape index (κ3) is 3.25. The van der Waals surface area contributed by atoms with Crippen LogP contribution in [0.4, 0.5) is 0 Å². The van der Waals surface area contributed by atoms with Crippen molar-refractivity contribution in [2.45, 2.75) is 26.8 Å². The molecule has 1 unspecified atom stereocenters. The lowest BCUT2D eigenvalue weighted by atomic mass is 9.92. The van der Waals surface area contributed by atoms with E-state index < -0.39 is 0 Å². The summed E-state index contributed by atoms with van der Waals surface area (Å²) >= 11 is 9.89. The summed E-state index contributed by atoms with van der Waals surface area (Å²) in [6.07, 6.45) is 0. The Balaban J connectivity index is 2.53. The number of aryl methyl sites for hydroxylation is 1. The molecule has 0 fully saturated rings. The molecule has 106 valence electrons. The van der Waals surface area contributed by atoms with Crippen LogP contribution in [-0.4, -0.2) is 6.54 Å². The lowest BCUT2D eigenvalue weighted by Gasteiger charge is -2.23. The zero-order valence-electron chi connectivity index (χ0n) is 12.0. The number of nitrogens with one attached hydrogen (secondary N) is 1. The third-order valence-electron chi connectivity index (χ3n) is 3.64. The Morgan fingerprint density at radius 1 is 1.15 bits per heavy atom. The predicted octanol–water partition coefficient (Wildman–Crippen LogP) is 5.42. The zero-order chi connectivity index (χ0) is 14.7. The van der Waals surface area contributed by atoms with Gasteiger partial charge >= 0.3 is 0 Å². The summed E-state index contributed by atoms with van der Waals surface area (Å²) in [5, 5.41) is 4.33. The van der Waals surface area contributed by atoms with Crippen LogP contribution in [0.25, 0.3) is 0 Å². The molecule has 0 aliphatic heterocycles. The van der Waals surface area contributed by atoms with Crippen molar-refractivity contribution in [1.29, 1.82) is 0 Å². The van der Waals surface area contributed by atoms with Crippen LogP contribution in [0.1, 0.15) is 35.2 Å². The van der Waals surface area contributed by atoms with Crippen LogP contribution in [0.15, 0.2) is 40.9 Å². The SMILES string of the molecule is CCNC(c1ccc(Br)cc1Cl)c1cccc(C)c1C. The maximum atomic E-state index is 6.43. The second kappa shape index (κ2) is 6.75. The highest BCUT2D eigenvalue weighted by Gasteiger charge is 2.18. The fraction of sp³-hybridized carbons (Fsp3) is 0.294. The van der Waals surface area contributed by atoms with E-state index in [-0.39, 0.29) is 6.04 Å². The van der Waals surface area contributed by atoms with Crippen molar-refractivity contribution >= 4 is 27.5 Å². The first kappa shape index (κ1) is 15.6. The molecule has 0 aliphatic carbocycles. The maximum absolute atomic E-state index is 6.43. The molecule has 0 saturated heterocycles. The monoisotopic (exact) mass is 351 g/mol. The van der Waals surface area contributed by atoms with Crippen LogP contribution in [0.3, 0.4) is 0 Å². The van der Waals surface area contributed by atoms with Crippen molar-refractivity contribution in [3.05, 3.63) is 68.1 Å². The van der Waals surface area contributed by atoms with Crippen LogP contribution >= 0.6 is 27.5 Å². The molecule has 2 rings (SSSR count). The fourth-order valence-corrected chi connectivity index (χ4v) is 3.20. The molecule has 1 nitrogen and oxygen atoms in total. The van der Waals surface area contributed by atoms with E-state index in [2.05, 4.69) is 66.3 Å². The van der Waals surface area contributed by atoms with Gasteiger partial charge in [-0.05, 0) is 54.8 Å². The van der Waals surface area contributed by atoms with E-state index in [1.165, 1.54) is 16.7 Å². The average Bonchev–Trinajstić information content (AvgIpc) is 2.40. The number of rotatable bonds is 4. The zero-order valence-corrected chi connectivity index (χ0v) is 14.3. The van der Waals surface area contributed by atoms with Gasteiger partial charge in [0, 0.05) is 9.50 Å². The molecule has 0 heterocycles. The largest absolute Gasteiger partial charge is 0.306 e. The molecule has 0 spiro atoms. The molecule has 2 aromatic carbocycles. The van der Waals surface area contributed by atoms with Crippen molar-refractivity contribution in [1.82, 2.24) is 5.32 Å². The summed E-state index contributed by atoms with van der Waals surface area (Å²) in [6, 6.07) is 12.6. The summed E-state index contributed by atoms with van der Waals surface area (Å²) in [5.41, 5.74) is 5.03. The van der Waals surface area contributed by atoms with Crippen molar-refractivity contribution in [3.8, 4) is 0 Å². The van der Waals surface area contributed by atoms with Gasteiger partial charge in [0.2, 0.25) is 0 Å². The summed E-state index contributed by atoms with van der Waals surface area (Å²) < 4.78 is 1.00. The summed E-state index contributed by atoms with van der Waals surface area (Å²) in [5.74, 6) is 0. The molecule has 1 atom stereocenters. The van der Waals surface area contributed by atoms with Crippen LogP contribution in [0.5, 0.6) is 0 Å². The predicted molar refractivity (Wildman–Crippen MR) is 90.6 cm³/mol. The van der Waals surface area contributed by atoms with E-state index in [0.29, 0.717) is 0 Å². The minimum atomic E-state index is 0.125. The molecule has 0 radical (unpaired) electrons. The number of halogens is 2. The van der Waals surface area contributed by atoms with Gasteiger partial charge in [-0.1, -0.05) is 58.7 Å². The van der Waals surface area contributed by atoms with Gasteiger partial charge in [0.05, 0.1) is 6.04 Å². The van der Waals surface area contributed by atoms with Crippen LogP contribution in [0, 0.1) is 13.8 Å². The molecule has 1 N–H and O–H groups in total. The van der Waals surface area contributed by atoms with Crippen LogP contribution < -0.4 is 5.32 Å². The van der Waals surface area contributed by atoms with E-state index >= 15 is 0 Å². The van der Waals surface area contributed by atoms with Gasteiger partial charge in [-0.15, -0.1) is 0 Å². The van der Waals surface area contributed by atoms with E-state index in [0.717, 1.165) is 21.6 Å². The smallest absolute Gasteiger partial charge is 0.0594 e. The van der Waals surface area contributed by atoms with Crippen molar-refractivity contribution in [2.24, 2.45) is 0 Å². The second-order valence-corrected chi connectivity index (χ2v) is 6.27. The summed E-state index contributed by atoms with van der Waals surface area (Å²) in [6.45, 7) is 7.32. The Morgan fingerprint density at radius 3 is 2.55 bits per heavy atom. The van der Waals surface area contributed by atoms with Gasteiger partial charge in [-0.2, -0.15) is 0 Å². The summed E-state index contributed by atoms with van der Waals surface area (Å²) in [4.78, 5) is 0. The molecule has 0 bridgehead atoms. The highest BCUT2D eigenvalue weighted by molar-refractivity contribution is 9.10. The summed E-state index contributed by atoms with van der Waals surface area (Å²) in [7, 11) is 0. The van der Waals surface area contributed by atoms with E-state index in [1.807, 2.05) is 12.1 Å². The Labute approximate surface area is 134 Å². The topological polar surface area (TPSA) is 12.0 Å². The van der Waals surface area contributed by atoms with E-state index in [1.54, 1.807) is 0 Å². The molecule has 3 heteroatoms. The van der Waals surface area contributed by atoms with Gasteiger partial charge in [0.1, 0.15) is 0 Å². The quantitative estimate of drug-likeness (QED) is 0.775. The lowest BCUT2D eigenvalue weighted by molar-refractivity contribution is 0.627. The van der Waals surface area contributed by atoms with Crippen molar-refractivity contribution in [2.75, 3.05) is 6.54 Å². The molecular formula is C17H19BrClN. The van der Waals surface area contributed by atoms with Crippen molar-refractivity contribution < 1.29 is 0 Å². The van der Waals surface area contributed by atoms with Crippen LogP contribution in [-0.2, 0) is 0 Å². The highest BCUT2D eigenvalue weighted by atomic mass is 79.9. The van der Waals surface area contributed by atoms with Gasteiger partial charge in [0.15, 0.2) is 0 Å². The first-order valence-corrected chi connectivity index (χ1v) is 7.96. The Hall–Kier alpha value is -0.830. The normalized spacial score (nSPS) is 12.4.